The monoisotopic (exact) mass is 297 g/mol. The van der Waals surface area contributed by atoms with Crippen LogP contribution in [-0.4, -0.2) is 14.5 Å². The Morgan fingerprint density at radius 1 is 1.10 bits per heavy atom. The zero-order chi connectivity index (χ0) is 14.8. The predicted molar refractivity (Wildman–Crippen MR) is 78.8 cm³/mol. The van der Waals surface area contributed by atoms with Gasteiger partial charge < -0.3 is 0 Å². The Labute approximate surface area is 121 Å². The van der Waals surface area contributed by atoms with E-state index in [1.165, 1.54) is 0 Å². The van der Waals surface area contributed by atoms with Gasteiger partial charge in [-0.15, -0.1) is 0 Å². The van der Waals surface area contributed by atoms with Crippen LogP contribution in [0, 0.1) is 0 Å². The Kier molecular flexibility index (Phi) is 4.52. The molecule has 4 nitrogen and oxygen atoms in total. The standard InChI is InChI=1S/C15H23NO3S/c1-15(2,3)12-8-10-14(11-9-12)20(17,18)16-19-13-6-4-5-7-13/h8-11,13,16H,4-7H2,1-3H3. The third-order valence-corrected chi connectivity index (χ3v) is 4.87. The van der Waals surface area contributed by atoms with Crippen LogP contribution < -0.4 is 4.89 Å². The summed E-state index contributed by atoms with van der Waals surface area (Å²) < 4.78 is 24.2. The highest BCUT2D eigenvalue weighted by Crippen LogP contribution is 2.24. The van der Waals surface area contributed by atoms with Gasteiger partial charge in [0.15, 0.2) is 0 Å². The highest BCUT2D eigenvalue weighted by atomic mass is 32.2. The van der Waals surface area contributed by atoms with Crippen LogP contribution in [0.3, 0.4) is 0 Å². The summed E-state index contributed by atoms with van der Waals surface area (Å²) in [5.74, 6) is 0. The Hall–Kier alpha value is -0.910. The first-order chi connectivity index (χ1) is 9.29. The summed E-state index contributed by atoms with van der Waals surface area (Å²) in [6.07, 6.45) is 4.06. The molecule has 1 aromatic carbocycles. The molecule has 0 spiro atoms. The average molecular weight is 297 g/mol. The molecule has 1 fully saturated rings. The van der Waals surface area contributed by atoms with Crippen molar-refractivity contribution in [1.29, 1.82) is 0 Å². The summed E-state index contributed by atoms with van der Waals surface area (Å²) in [7, 11) is -3.58. The third-order valence-electron chi connectivity index (χ3n) is 3.66. The number of sulfonamides is 1. The fourth-order valence-corrected chi connectivity index (χ4v) is 3.17. The maximum absolute atomic E-state index is 12.1. The molecule has 0 amide bonds. The van der Waals surface area contributed by atoms with Crippen LogP contribution in [0.1, 0.15) is 52.0 Å². The van der Waals surface area contributed by atoms with E-state index >= 15 is 0 Å². The van der Waals surface area contributed by atoms with Gasteiger partial charge in [0, 0.05) is 0 Å². The summed E-state index contributed by atoms with van der Waals surface area (Å²) in [5, 5.41) is 0. The molecule has 1 aliphatic carbocycles. The minimum Gasteiger partial charge on any atom is -0.284 e. The molecule has 0 heterocycles. The van der Waals surface area contributed by atoms with Crippen LogP contribution in [0.2, 0.25) is 0 Å². The molecule has 112 valence electrons. The molecule has 0 unspecified atom stereocenters. The summed E-state index contributed by atoms with van der Waals surface area (Å²) in [6.45, 7) is 6.29. The van der Waals surface area contributed by atoms with E-state index in [1.54, 1.807) is 12.1 Å². The molecule has 0 aliphatic heterocycles. The number of hydrogen-bond donors (Lipinski definition) is 1. The van der Waals surface area contributed by atoms with Crippen LogP contribution in [0.5, 0.6) is 0 Å². The quantitative estimate of drug-likeness (QED) is 0.869. The molecular weight excluding hydrogens is 274 g/mol. The molecule has 0 bridgehead atoms. The van der Waals surface area contributed by atoms with E-state index in [2.05, 4.69) is 25.7 Å². The highest BCUT2D eigenvalue weighted by molar-refractivity contribution is 7.89. The van der Waals surface area contributed by atoms with E-state index in [9.17, 15) is 8.42 Å². The lowest BCUT2D eigenvalue weighted by Crippen LogP contribution is -2.28. The first-order valence-corrected chi connectivity index (χ1v) is 8.55. The molecule has 0 aromatic heterocycles. The summed E-state index contributed by atoms with van der Waals surface area (Å²) in [4.78, 5) is 7.77. The van der Waals surface area contributed by atoms with Gasteiger partial charge in [0.25, 0.3) is 10.0 Å². The van der Waals surface area contributed by atoms with Crippen molar-refractivity contribution < 1.29 is 13.3 Å². The highest BCUT2D eigenvalue weighted by Gasteiger charge is 2.21. The number of nitrogens with one attached hydrogen (secondary N) is 1. The molecule has 0 saturated heterocycles. The van der Waals surface area contributed by atoms with Crippen LogP contribution in [-0.2, 0) is 20.3 Å². The zero-order valence-electron chi connectivity index (χ0n) is 12.3. The fourth-order valence-electron chi connectivity index (χ4n) is 2.32. The second kappa shape index (κ2) is 5.84. The van der Waals surface area contributed by atoms with E-state index < -0.39 is 10.0 Å². The van der Waals surface area contributed by atoms with Gasteiger partial charge in [-0.25, -0.2) is 8.42 Å². The number of rotatable bonds is 4. The summed E-state index contributed by atoms with van der Waals surface area (Å²) >= 11 is 0. The maximum atomic E-state index is 12.1. The Balaban J connectivity index is 2.05. The molecule has 1 aliphatic rings. The lowest BCUT2D eigenvalue weighted by Gasteiger charge is -2.19. The van der Waals surface area contributed by atoms with E-state index in [-0.39, 0.29) is 16.4 Å². The first-order valence-electron chi connectivity index (χ1n) is 7.07. The summed E-state index contributed by atoms with van der Waals surface area (Å²) in [5.41, 5.74) is 1.11. The van der Waals surface area contributed by atoms with Crippen molar-refractivity contribution >= 4 is 10.0 Å². The smallest absolute Gasteiger partial charge is 0.262 e. The van der Waals surface area contributed by atoms with Crippen molar-refractivity contribution in [1.82, 2.24) is 4.89 Å². The Bertz CT molecular complexity index is 537. The molecule has 0 atom stereocenters. The fraction of sp³-hybridized carbons (Fsp3) is 0.600. The summed E-state index contributed by atoms with van der Waals surface area (Å²) in [6, 6.07) is 6.95. The van der Waals surface area contributed by atoms with Crippen molar-refractivity contribution in [3.63, 3.8) is 0 Å². The number of hydrogen-bond acceptors (Lipinski definition) is 3. The van der Waals surface area contributed by atoms with Gasteiger partial charge in [0.1, 0.15) is 0 Å². The van der Waals surface area contributed by atoms with Gasteiger partial charge in [0.2, 0.25) is 0 Å². The van der Waals surface area contributed by atoms with Gasteiger partial charge in [-0.2, -0.15) is 0 Å². The second-order valence-corrected chi connectivity index (χ2v) is 8.03. The molecule has 2 rings (SSSR count). The Morgan fingerprint density at radius 2 is 1.65 bits per heavy atom. The molecular formula is C15H23NO3S. The van der Waals surface area contributed by atoms with Gasteiger partial charge in [0.05, 0.1) is 11.0 Å². The lowest BCUT2D eigenvalue weighted by atomic mass is 9.87. The third kappa shape index (κ3) is 3.81. The van der Waals surface area contributed by atoms with Crippen LogP contribution in [0.15, 0.2) is 29.2 Å². The Morgan fingerprint density at radius 3 is 2.15 bits per heavy atom. The van der Waals surface area contributed by atoms with Gasteiger partial charge >= 0.3 is 0 Å². The SMILES string of the molecule is CC(C)(C)c1ccc(S(=O)(=O)NOC2CCCC2)cc1. The maximum Gasteiger partial charge on any atom is 0.262 e. The minimum absolute atomic E-state index is 0.00999. The first kappa shape index (κ1) is 15.5. The number of benzene rings is 1. The van der Waals surface area contributed by atoms with Crippen LogP contribution in [0.4, 0.5) is 0 Å². The largest absolute Gasteiger partial charge is 0.284 e. The van der Waals surface area contributed by atoms with E-state index in [0.29, 0.717) is 0 Å². The predicted octanol–water partition coefficient (Wildman–Crippen LogP) is 3.14. The second-order valence-electron chi connectivity index (χ2n) is 6.39. The van der Waals surface area contributed by atoms with Gasteiger partial charge in [-0.1, -0.05) is 50.6 Å². The van der Waals surface area contributed by atoms with Crippen LogP contribution in [0.25, 0.3) is 0 Å². The van der Waals surface area contributed by atoms with E-state index in [0.717, 1.165) is 31.2 Å². The zero-order valence-corrected chi connectivity index (χ0v) is 13.2. The van der Waals surface area contributed by atoms with Crippen molar-refractivity contribution in [2.45, 2.75) is 62.9 Å². The van der Waals surface area contributed by atoms with E-state index in [1.807, 2.05) is 12.1 Å². The minimum atomic E-state index is -3.58. The van der Waals surface area contributed by atoms with Gasteiger partial charge in [-0.3, -0.25) is 4.84 Å². The van der Waals surface area contributed by atoms with Crippen molar-refractivity contribution in [2.24, 2.45) is 0 Å². The van der Waals surface area contributed by atoms with Crippen LogP contribution >= 0.6 is 0 Å². The molecule has 1 N–H and O–H groups in total. The molecule has 1 saturated carbocycles. The van der Waals surface area contributed by atoms with Gasteiger partial charge in [-0.05, 0) is 36.0 Å². The van der Waals surface area contributed by atoms with E-state index in [4.69, 9.17) is 4.84 Å². The molecule has 1 aromatic rings. The topological polar surface area (TPSA) is 55.4 Å². The van der Waals surface area contributed by atoms with Crippen molar-refractivity contribution in [2.75, 3.05) is 0 Å². The average Bonchev–Trinajstić information content (AvgIpc) is 2.89. The molecule has 5 heteroatoms. The van der Waals surface area contributed by atoms with Crippen molar-refractivity contribution in [3.8, 4) is 0 Å². The molecule has 20 heavy (non-hydrogen) atoms. The molecule has 0 radical (unpaired) electrons. The normalized spacial score (nSPS) is 17.6. The lowest BCUT2D eigenvalue weighted by molar-refractivity contribution is 0.0223. The van der Waals surface area contributed by atoms with Crippen molar-refractivity contribution in [3.05, 3.63) is 29.8 Å².